The van der Waals surface area contributed by atoms with Gasteiger partial charge in [-0.2, -0.15) is 0 Å². The number of ether oxygens (including phenoxy) is 1. The lowest BCUT2D eigenvalue weighted by molar-refractivity contribution is 0.414. The van der Waals surface area contributed by atoms with Crippen LogP contribution in [-0.2, 0) is 0 Å². The van der Waals surface area contributed by atoms with Gasteiger partial charge in [0.2, 0.25) is 0 Å². The lowest BCUT2D eigenvalue weighted by Gasteiger charge is -2.03. The van der Waals surface area contributed by atoms with E-state index in [-0.39, 0.29) is 12.4 Å². The predicted molar refractivity (Wildman–Crippen MR) is 80.2 cm³/mol. The molecule has 0 unspecified atom stereocenters. The number of para-hydroxylation sites is 1. The highest BCUT2D eigenvalue weighted by Crippen LogP contribution is 2.18. The van der Waals surface area contributed by atoms with Crippen molar-refractivity contribution in [3.05, 3.63) is 47.0 Å². The Morgan fingerprint density at radius 1 is 1.47 bits per heavy atom. The van der Waals surface area contributed by atoms with E-state index in [2.05, 4.69) is 33.9 Å². The van der Waals surface area contributed by atoms with Crippen LogP contribution in [-0.4, -0.2) is 20.2 Å². The predicted octanol–water partition coefficient (Wildman–Crippen LogP) is 3.63. The van der Waals surface area contributed by atoms with E-state index in [4.69, 9.17) is 4.74 Å². The van der Waals surface area contributed by atoms with Crippen molar-refractivity contribution >= 4 is 34.4 Å². The van der Waals surface area contributed by atoms with E-state index in [1.807, 2.05) is 30.3 Å². The molecular weight excluding hydrogens is 302 g/mol. The first-order chi connectivity index (χ1) is 7.74. The molecule has 1 N–H and O–H groups in total. The summed E-state index contributed by atoms with van der Waals surface area (Å²) in [5.41, 5.74) is 1.09. The lowest BCUT2D eigenvalue weighted by Crippen LogP contribution is -2.14. The molecule has 0 amide bonds. The molecule has 0 fully saturated rings. The normalized spacial score (nSPS) is 10.0. The maximum absolute atomic E-state index is 5.25. The van der Waals surface area contributed by atoms with Gasteiger partial charge in [-0.3, -0.25) is 0 Å². The SMILES string of the molecule is C=C(Br)CNC/C=C/c1ccccc1OC.Cl. The van der Waals surface area contributed by atoms with Gasteiger partial charge in [0, 0.05) is 23.1 Å². The second kappa shape index (κ2) is 9.28. The highest BCUT2D eigenvalue weighted by Gasteiger charge is 1.95. The van der Waals surface area contributed by atoms with Crippen LogP contribution in [0.5, 0.6) is 5.75 Å². The summed E-state index contributed by atoms with van der Waals surface area (Å²) < 4.78 is 6.20. The summed E-state index contributed by atoms with van der Waals surface area (Å²) in [6.45, 7) is 5.33. The van der Waals surface area contributed by atoms with E-state index in [1.165, 1.54) is 0 Å². The fraction of sp³-hybridized carbons (Fsp3) is 0.231. The first-order valence-corrected chi connectivity index (χ1v) is 5.87. The van der Waals surface area contributed by atoms with Crippen molar-refractivity contribution in [1.29, 1.82) is 0 Å². The van der Waals surface area contributed by atoms with E-state index >= 15 is 0 Å². The van der Waals surface area contributed by atoms with Crippen LogP contribution < -0.4 is 10.1 Å². The average molecular weight is 319 g/mol. The summed E-state index contributed by atoms with van der Waals surface area (Å²) in [6, 6.07) is 7.94. The zero-order valence-electron chi connectivity index (χ0n) is 9.78. The minimum Gasteiger partial charge on any atom is -0.496 e. The third-order valence-electron chi connectivity index (χ3n) is 2.02. The second-order valence-electron chi connectivity index (χ2n) is 3.29. The first-order valence-electron chi connectivity index (χ1n) is 5.07. The molecule has 0 radical (unpaired) electrons. The number of methoxy groups -OCH3 is 1. The van der Waals surface area contributed by atoms with E-state index in [1.54, 1.807) is 7.11 Å². The van der Waals surface area contributed by atoms with Crippen LogP contribution in [0, 0.1) is 0 Å². The van der Waals surface area contributed by atoms with Crippen molar-refractivity contribution in [3.63, 3.8) is 0 Å². The van der Waals surface area contributed by atoms with Crippen molar-refractivity contribution in [2.45, 2.75) is 0 Å². The van der Waals surface area contributed by atoms with Gasteiger partial charge in [-0.1, -0.05) is 52.9 Å². The van der Waals surface area contributed by atoms with Crippen LogP contribution in [0.15, 0.2) is 41.4 Å². The third kappa shape index (κ3) is 6.51. The Morgan fingerprint density at radius 2 is 2.18 bits per heavy atom. The van der Waals surface area contributed by atoms with Crippen LogP contribution in [0.4, 0.5) is 0 Å². The van der Waals surface area contributed by atoms with Crippen molar-refractivity contribution in [2.24, 2.45) is 0 Å². The summed E-state index contributed by atoms with van der Waals surface area (Å²) in [5.74, 6) is 0.892. The molecule has 0 aliphatic heterocycles. The van der Waals surface area contributed by atoms with Gasteiger partial charge in [0.05, 0.1) is 7.11 Å². The molecular formula is C13H17BrClNO. The van der Waals surface area contributed by atoms with Gasteiger partial charge in [0.15, 0.2) is 0 Å². The minimum absolute atomic E-state index is 0. The Hall–Kier alpha value is -0.770. The minimum atomic E-state index is 0. The fourth-order valence-corrected chi connectivity index (χ4v) is 1.48. The fourth-order valence-electron chi connectivity index (χ4n) is 1.28. The molecule has 1 aromatic rings. The van der Waals surface area contributed by atoms with Crippen LogP contribution in [0.3, 0.4) is 0 Å². The largest absolute Gasteiger partial charge is 0.496 e. The number of hydrogen-bond donors (Lipinski definition) is 1. The Balaban J connectivity index is 0.00000256. The van der Waals surface area contributed by atoms with Gasteiger partial charge in [-0.25, -0.2) is 0 Å². The van der Waals surface area contributed by atoms with Crippen molar-refractivity contribution in [3.8, 4) is 5.75 Å². The first kappa shape index (κ1) is 16.2. The van der Waals surface area contributed by atoms with E-state index in [0.717, 1.165) is 28.9 Å². The summed E-state index contributed by atoms with van der Waals surface area (Å²) in [7, 11) is 1.68. The highest BCUT2D eigenvalue weighted by atomic mass is 79.9. The Kier molecular flexibility index (Phi) is 8.86. The van der Waals surface area contributed by atoms with Gasteiger partial charge in [0.1, 0.15) is 5.75 Å². The van der Waals surface area contributed by atoms with Gasteiger partial charge in [-0.15, -0.1) is 12.4 Å². The molecule has 1 rings (SSSR count). The van der Waals surface area contributed by atoms with Crippen molar-refractivity contribution in [1.82, 2.24) is 5.32 Å². The molecule has 0 heterocycles. The van der Waals surface area contributed by atoms with E-state index in [9.17, 15) is 0 Å². The molecule has 1 aromatic carbocycles. The summed E-state index contributed by atoms with van der Waals surface area (Å²) in [4.78, 5) is 0. The molecule has 17 heavy (non-hydrogen) atoms. The monoisotopic (exact) mass is 317 g/mol. The quantitative estimate of drug-likeness (QED) is 0.809. The smallest absolute Gasteiger partial charge is 0.126 e. The molecule has 0 spiro atoms. The Labute approximate surface area is 117 Å². The van der Waals surface area contributed by atoms with Crippen LogP contribution in [0.1, 0.15) is 5.56 Å². The summed E-state index contributed by atoms with van der Waals surface area (Å²) in [5, 5.41) is 3.22. The summed E-state index contributed by atoms with van der Waals surface area (Å²) >= 11 is 3.29. The number of nitrogens with one attached hydrogen (secondary N) is 1. The standard InChI is InChI=1S/C13H16BrNO.ClH/c1-11(14)10-15-9-5-7-12-6-3-4-8-13(12)16-2;/h3-8,15H,1,9-10H2,2H3;1H/b7-5+;. The zero-order chi connectivity index (χ0) is 11.8. The highest BCUT2D eigenvalue weighted by molar-refractivity contribution is 9.11. The lowest BCUT2D eigenvalue weighted by atomic mass is 10.2. The number of hydrogen-bond acceptors (Lipinski definition) is 2. The zero-order valence-corrected chi connectivity index (χ0v) is 12.2. The Morgan fingerprint density at radius 3 is 2.82 bits per heavy atom. The molecule has 4 heteroatoms. The Bertz CT molecular complexity index is 379. The van der Waals surface area contributed by atoms with E-state index in [0.29, 0.717) is 0 Å². The van der Waals surface area contributed by atoms with Crippen LogP contribution in [0.2, 0.25) is 0 Å². The van der Waals surface area contributed by atoms with E-state index < -0.39 is 0 Å². The molecule has 0 atom stereocenters. The molecule has 94 valence electrons. The number of rotatable bonds is 6. The maximum Gasteiger partial charge on any atom is 0.126 e. The van der Waals surface area contributed by atoms with Gasteiger partial charge < -0.3 is 10.1 Å². The summed E-state index contributed by atoms with van der Waals surface area (Å²) in [6.07, 6.45) is 4.11. The van der Waals surface area contributed by atoms with Crippen LogP contribution in [0.25, 0.3) is 6.08 Å². The number of halogens is 2. The van der Waals surface area contributed by atoms with Crippen molar-refractivity contribution in [2.75, 3.05) is 20.2 Å². The van der Waals surface area contributed by atoms with Gasteiger partial charge in [-0.05, 0) is 6.07 Å². The third-order valence-corrected chi connectivity index (χ3v) is 2.30. The van der Waals surface area contributed by atoms with Gasteiger partial charge >= 0.3 is 0 Å². The average Bonchev–Trinajstić information content (AvgIpc) is 2.29. The second-order valence-corrected chi connectivity index (χ2v) is 4.41. The van der Waals surface area contributed by atoms with Crippen LogP contribution >= 0.6 is 28.3 Å². The maximum atomic E-state index is 5.25. The molecule has 0 bridgehead atoms. The molecule has 0 aliphatic carbocycles. The molecule has 0 saturated carbocycles. The molecule has 0 aliphatic rings. The number of benzene rings is 1. The topological polar surface area (TPSA) is 21.3 Å². The molecule has 2 nitrogen and oxygen atoms in total. The molecule has 0 saturated heterocycles. The van der Waals surface area contributed by atoms with Gasteiger partial charge in [0.25, 0.3) is 0 Å². The molecule has 0 aromatic heterocycles. The van der Waals surface area contributed by atoms with Crippen molar-refractivity contribution < 1.29 is 4.74 Å².